The van der Waals surface area contributed by atoms with E-state index in [4.69, 9.17) is 0 Å². The normalized spacial score (nSPS) is 0. The molecule has 0 aromatic heterocycles. The van der Waals surface area contributed by atoms with Crippen molar-refractivity contribution in [3.63, 3.8) is 0 Å². The first-order chi connectivity index (χ1) is 0. The van der Waals surface area contributed by atoms with Crippen LogP contribution in [0.3, 0.4) is 0 Å². The summed E-state index contributed by atoms with van der Waals surface area (Å²) in [5.41, 5.74) is 0. The summed E-state index contributed by atoms with van der Waals surface area (Å²) in [7, 11) is 0. The third-order valence-corrected chi connectivity index (χ3v) is 0. The van der Waals surface area contributed by atoms with Crippen molar-refractivity contribution in [2.45, 2.75) is 0 Å². The van der Waals surface area contributed by atoms with Gasteiger partial charge in [-0.3, -0.25) is 0 Å². The van der Waals surface area contributed by atoms with Crippen molar-refractivity contribution in [1.29, 1.82) is 0 Å². The zero-order valence-corrected chi connectivity index (χ0v) is 7.00. The molecule has 0 aliphatic heterocycles. The minimum absolute atomic E-state index is 0. The van der Waals surface area contributed by atoms with Crippen molar-refractivity contribution < 1.29 is 79.4 Å². The molecule has 5 heavy (non-hydrogen) atoms. The van der Waals surface area contributed by atoms with Gasteiger partial charge in [0, 0.05) is 0 Å². The van der Waals surface area contributed by atoms with Crippen molar-refractivity contribution >= 4 is 16.8 Å². The maximum absolute atomic E-state index is 0. The summed E-state index contributed by atoms with van der Waals surface area (Å²) >= 11 is 0. The largest absolute Gasteiger partial charge is 1.00 e. The van der Waals surface area contributed by atoms with E-state index in [0.29, 0.717) is 0 Å². The van der Waals surface area contributed by atoms with E-state index in [2.05, 4.69) is 0 Å². The molecule has 0 aromatic rings. The zero-order valence-electron chi connectivity index (χ0n) is 4.00. The van der Waals surface area contributed by atoms with E-state index in [1.807, 2.05) is 0 Å². The number of hydrogen-bond acceptors (Lipinski definition) is 0. The molecule has 0 unspecified atom stereocenters. The van der Waals surface area contributed by atoms with Gasteiger partial charge in [0.2, 0.25) is 0 Å². The fourth-order valence-corrected chi connectivity index (χ4v) is 0. The van der Waals surface area contributed by atoms with Crippen molar-refractivity contribution in [3.8, 4) is 0 Å². The van der Waals surface area contributed by atoms with Gasteiger partial charge in [0.05, 0.1) is 0 Å². The van der Waals surface area contributed by atoms with Crippen LogP contribution in [-0.4, -0.2) is 16.8 Å². The molecule has 0 radical (unpaired) electrons. The van der Waals surface area contributed by atoms with E-state index in [0.717, 1.165) is 0 Å². The van der Waals surface area contributed by atoms with Crippen LogP contribution >= 0.6 is 0 Å². The van der Waals surface area contributed by atoms with Gasteiger partial charge >= 0.3 is 78.0 Å². The van der Waals surface area contributed by atoms with E-state index >= 15 is 0 Å². The van der Waals surface area contributed by atoms with Crippen molar-refractivity contribution in [3.05, 3.63) is 0 Å². The maximum atomic E-state index is 0. The van der Waals surface area contributed by atoms with Crippen molar-refractivity contribution in [2.24, 2.45) is 0 Å². The first kappa shape index (κ1) is 47.0. The van der Waals surface area contributed by atoms with Gasteiger partial charge in [-0.2, -0.15) is 0 Å². The van der Waals surface area contributed by atoms with E-state index < -0.39 is 0 Å². The minimum atomic E-state index is 0. The minimum Gasteiger partial charge on any atom is -1.00 e. The second-order valence-corrected chi connectivity index (χ2v) is 0. The molecule has 0 aliphatic carbocycles. The molecule has 0 heterocycles. The Balaban J connectivity index is 0. The Hall–Kier alpha value is 2.73. The summed E-state index contributed by atoms with van der Waals surface area (Å²) in [6.45, 7) is 0. The number of hydrogen-bond donors (Lipinski definition) is 0. The molecule has 0 amide bonds. The van der Waals surface area contributed by atoms with Crippen LogP contribution in [-0.2, 0) is 0 Å². The average molecular weight is 83.6 g/mol. The van der Waals surface area contributed by atoms with Gasteiger partial charge in [-0.05, 0) is 0 Å². The fraction of sp³-hybridized carbons (Fsp3) is 0. The quantitative estimate of drug-likeness (QED) is 0.255. The Kier molecular flexibility index (Phi) is 279. The van der Waals surface area contributed by atoms with Crippen LogP contribution in [0.2, 0.25) is 0 Å². The standard InChI is InChI=1S/2BH4.Li.2Na.H/h2*1H4;;;;/q2*-1;3*+1;-1. The molecule has 0 spiro atoms. The topological polar surface area (TPSA) is 0 Å². The smallest absolute Gasteiger partial charge is 1.00 e. The molecule has 0 N–H and O–H groups in total. The Morgan fingerprint density at radius 1 is 0.800 bits per heavy atom. The molecule has 0 fully saturated rings. The van der Waals surface area contributed by atoms with Crippen molar-refractivity contribution in [1.82, 2.24) is 0 Å². The van der Waals surface area contributed by atoms with Crippen LogP contribution in [0.5, 0.6) is 0 Å². The Labute approximate surface area is 94.6 Å². The van der Waals surface area contributed by atoms with E-state index in [1.54, 1.807) is 0 Å². The van der Waals surface area contributed by atoms with Crippen molar-refractivity contribution in [2.75, 3.05) is 0 Å². The van der Waals surface area contributed by atoms with Gasteiger partial charge in [-0.1, -0.05) is 16.8 Å². The monoisotopic (exact) mass is 84.1 g/mol. The number of rotatable bonds is 0. The second-order valence-electron chi connectivity index (χ2n) is 0. The maximum Gasteiger partial charge on any atom is 1.00 e. The fourth-order valence-electron chi connectivity index (χ4n) is 0. The third kappa shape index (κ3) is 20.2. The zero-order chi connectivity index (χ0) is 0. The van der Waals surface area contributed by atoms with Gasteiger partial charge in [0.1, 0.15) is 0 Å². The first-order valence-electron chi connectivity index (χ1n) is 0. The molecule has 0 rings (SSSR count). The predicted molar refractivity (Wildman–Crippen MR) is 23.8 cm³/mol. The molecular weight excluding hydrogens is 74.5 g/mol. The summed E-state index contributed by atoms with van der Waals surface area (Å²) in [5, 5.41) is 0. The molecule has 5 heteroatoms. The Morgan fingerprint density at radius 2 is 0.800 bits per heavy atom. The van der Waals surface area contributed by atoms with E-state index in [-0.39, 0.29) is 96.2 Å². The van der Waals surface area contributed by atoms with Crippen LogP contribution in [0.25, 0.3) is 0 Å². The van der Waals surface area contributed by atoms with Crippen LogP contribution in [0.4, 0.5) is 0 Å². The molecule has 18 valence electrons. The average Bonchev–Trinajstić information content (AvgIpc) is 0. The Bertz CT molecular complexity index is 11.5. The summed E-state index contributed by atoms with van der Waals surface area (Å²) in [6.07, 6.45) is 0. The van der Waals surface area contributed by atoms with Gasteiger partial charge < -0.3 is 1.43 Å². The molecule has 0 nitrogen and oxygen atoms in total. The van der Waals surface area contributed by atoms with Gasteiger partial charge in [0.25, 0.3) is 0 Å². The van der Waals surface area contributed by atoms with Gasteiger partial charge in [-0.15, -0.1) is 0 Å². The molecule has 0 saturated carbocycles. The first-order valence-corrected chi connectivity index (χ1v) is 0. The Morgan fingerprint density at radius 3 is 0.800 bits per heavy atom. The second kappa shape index (κ2) is 29.7. The molecule has 0 aliphatic rings. The molecule has 0 atom stereocenters. The predicted octanol–water partition coefficient (Wildman–Crippen LogP) is -11.8. The summed E-state index contributed by atoms with van der Waals surface area (Å²) < 4.78 is 0. The molecular formula is H9B2LiNa2. The SMILES string of the molecule is [BH4-].[BH4-].[H-].[Li+].[Na+].[Na+]. The van der Waals surface area contributed by atoms with Gasteiger partial charge in [0.15, 0.2) is 0 Å². The third-order valence-electron chi connectivity index (χ3n) is 0. The van der Waals surface area contributed by atoms with E-state index in [9.17, 15) is 0 Å². The molecule has 0 bridgehead atoms. The van der Waals surface area contributed by atoms with Crippen LogP contribution in [0.15, 0.2) is 0 Å². The summed E-state index contributed by atoms with van der Waals surface area (Å²) in [5.74, 6) is 0. The molecule has 0 aromatic carbocycles. The molecule has 0 saturated heterocycles. The van der Waals surface area contributed by atoms with Crippen LogP contribution < -0.4 is 78.0 Å². The van der Waals surface area contributed by atoms with Gasteiger partial charge in [-0.25, -0.2) is 0 Å². The summed E-state index contributed by atoms with van der Waals surface area (Å²) in [4.78, 5) is 0. The summed E-state index contributed by atoms with van der Waals surface area (Å²) in [6, 6.07) is 0. The van der Waals surface area contributed by atoms with E-state index in [1.165, 1.54) is 0 Å². The van der Waals surface area contributed by atoms with Crippen LogP contribution in [0.1, 0.15) is 1.43 Å². The van der Waals surface area contributed by atoms with Crippen LogP contribution in [0, 0.1) is 0 Å².